The van der Waals surface area contributed by atoms with Gasteiger partial charge in [0.1, 0.15) is 17.9 Å². The van der Waals surface area contributed by atoms with Crippen molar-refractivity contribution in [3.63, 3.8) is 0 Å². The normalized spacial score (nSPS) is 25.3. The van der Waals surface area contributed by atoms with Crippen LogP contribution in [0.2, 0.25) is 0 Å². The van der Waals surface area contributed by atoms with Gasteiger partial charge in [0.15, 0.2) is 29.9 Å². The van der Waals surface area contributed by atoms with Crippen molar-refractivity contribution < 1.29 is 23.8 Å². The quantitative estimate of drug-likeness (QED) is 0.732. The highest BCUT2D eigenvalue weighted by Gasteiger charge is 2.50. The van der Waals surface area contributed by atoms with Gasteiger partial charge in [-0.3, -0.25) is 14.2 Å². The highest BCUT2D eigenvalue weighted by atomic mass is 32.2. The number of hydrogen-bond acceptors (Lipinski definition) is 10. The Labute approximate surface area is 153 Å². The maximum absolute atomic E-state index is 11.6. The van der Waals surface area contributed by atoms with Crippen molar-refractivity contribution in [2.45, 2.75) is 38.4 Å². The van der Waals surface area contributed by atoms with Crippen molar-refractivity contribution >= 4 is 40.7 Å². The highest BCUT2D eigenvalue weighted by molar-refractivity contribution is 7.98. The molecule has 11 heteroatoms. The number of fused-ring (bicyclic) bond motifs is 1. The molecule has 0 aliphatic carbocycles. The van der Waals surface area contributed by atoms with E-state index in [-0.39, 0.29) is 5.82 Å². The van der Waals surface area contributed by atoms with E-state index in [1.165, 1.54) is 38.3 Å². The van der Waals surface area contributed by atoms with Gasteiger partial charge in [0.25, 0.3) is 0 Å². The molecule has 2 aromatic rings. The lowest BCUT2D eigenvalue weighted by atomic mass is 10.1. The second kappa shape index (κ2) is 7.46. The second-order valence-electron chi connectivity index (χ2n) is 5.75. The second-order valence-corrected chi connectivity index (χ2v) is 6.66. The molecule has 0 spiro atoms. The van der Waals surface area contributed by atoms with E-state index in [1.807, 2.05) is 6.26 Å². The smallest absolute Gasteiger partial charge is 0.303 e. The Bertz CT molecular complexity index is 828. The molecule has 1 aliphatic heterocycles. The molecule has 0 amide bonds. The number of thioether (sulfide) groups is 1. The average Bonchev–Trinajstić information content (AvgIpc) is 3.12. The summed E-state index contributed by atoms with van der Waals surface area (Å²) in [5.41, 5.74) is 6.67. The Morgan fingerprint density at radius 2 is 1.92 bits per heavy atom. The fraction of sp³-hybridized carbons (Fsp3) is 0.533. The fourth-order valence-electron chi connectivity index (χ4n) is 2.94. The van der Waals surface area contributed by atoms with Crippen LogP contribution in [0.5, 0.6) is 0 Å². The number of anilines is 1. The van der Waals surface area contributed by atoms with Crippen molar-refractivity contribution in [3.05, 3.63) is 12.7 Å². The Morgan fingerprint density at radius 1 is 1.23 bits per heavy atom. The number of imidazole rings is 1. The van der Waals surface area contributed by atoms with Crippen LogP contribution in [0.1, 0.15) is 20.1 Å². The Kier molecular flexibility index (Phi) is 5.28. The Balaban J connectivity index is 2.03. The van der Waals surface area contributed by atoms with Gasteiger partial charge < -0.3 is 19.9 Å². The first-order valence-corrected chi connectivity index (χ1v) is 9.23. The number of carbonyl (C=O) groups is 2. The Morgan fingerprint density at radius 3 is 2.58 bits per heavy atom. The molecule has 3 heterocycles. The molecular weight excluding hydrogens is 362 g/mol. The molecule has 2 N–H and O–H groups in total. The molecule has 0 radical (unpaired) electrons. The van der Waals surface area contributed by atoms with Gasteiger partial charge in [-0.2, -0.15) is 11.8 Å². The molecule has 0 saturated carbocycles. The van der Waals surface area contributed by atoms with Gasteiger partial charge in [0.05, 0.1) is 6.33 Å². The molecule has 2 aromatic heterocycles. The van der Waals surface area contributed by atoms with E-state index in [2.05, 4.69) is 15.0 Å². The molecule has 1 saturated heterocycles. The number of nitrogens with zero attached hydrogens (tertiary/aromatic N) is 4. The summed E-state index contributed by atoms with van der Waals surface area (Å²) >= 11 is 1.53. The summed E-state index contributed by atoms with van der Waals surface area (Å²) in [5.74, 6) is -0.211. The third-order valence-corrected chi connectivity index (χ3v) is 4.54. The van der Waals surface area contributed by atoms with Gasteiger partial charge in [-0.1, -0.05) is 0 Å². The number of nitrogens with two attached hydrogens (primary N) is 1. The topological polar surface area (TPSA) is 131 Å². The maximum Gasteiger partial charge on any atom is 0.303 e. The number of rotatable bonds is 5. The molecule has 0 aromatic carbocycles. The lowest BCUT2D eigenvalue weighted by molar-refractivity contribution is -0.165. The van der Waals surface area contributed by atoms with Gasteiger partial charge in [-0.25, -0.2) is 15.0 Å². The van der Waals surface area contributed by atoms with Crippen LogP contribution < -0.4 is 5.73 Å². The summed E-state index contributed by atoms with van der Waals surface area (Å²) in [6.07, 6.45) is 1.90. The molecule has 10 nitrogen and oxygen atoms in total. The summed E-state index contributed by atoms with van der Waals surface area (Å²) < 4.78 is 18.5. The number of nitrogen functional groups attached to an aromatic ring is 1. The molecule has 140 valence electrons. The van der Waals surface area contributed by atoms with E-state index in [0.29, 0.717) is 16.9 Å². The van der Waals surface area contributed by atoms with E-state index in [1.54, 1.807) is 4.57 Å². The largest absolute Gasteiger partial charge is 0.456 e. The van der Waals surface area contributed by atoms with Crippen molar-refractivity contribution in [1.29, 1.82) is 0 Å². The van der Waals surface area contributed by atoms with Crippen LogP contribution in [0.4, 0.5) is 5.82 Å². The number of hydrogen-bond donors (Lipinski definition) is 1. The molecule has 3 rings (SSSR count). The van der Waals surface area contributed by atoms with Gasteiger partial charge in [-0.05, 0) is 6.26 Å². The summed E-state index contributed by atoms with van der Waals surface area (Å²) in [7, 11) is 0. The molecule has 1 aliphatic rings. The molecule has 26 heavy (non-hydrogen) atoms. The average molecular weight is 381 g/mol. The van der Waals surface area contributed by atoms with Gasteiger partial charge in [-0.15, -0.1) is 0 Å². The number of aromatic nitrogens is 4. The van der Waals surface area contributed by atoms with Crippen LogP contribution in [0, 0.1) is 0 Å². The van der Waals surface area contributed by atoms with E-state index >= 15 is 0 Å². The van der Waals surface area contributed by atoms with Crippen LogP contribution in [-0.2, 0) is 23.8 Å². The van der Waals surface area contributed by atoms with Gasteiger partial charge in [0.2, 0.25) is 0 Å². The van der Waals surface area contributed by atoms with Crippen LogP contribution in [0.15, 0.2) is 12.7 Å². The van der Waals surface area contributed by atoms with E-state index in [9.17, 15) is 9.59 Å². The molecular formula is C15H19N5O5S. The minimum Gasteiger partial charge on any atom is -0.456 e. The molecule has 1 fully saturated rings. The minimum absolute atomic E-state index is 0.230. The Hall–Kier alpha value is -2.40. The van der Waals surface area contributed by atoms with Crippen molar-refractivity contribution in [2.75, 3.05) is 17.7 Å². The first kappa shape index (κ1) is 18.4. The number of ether oxygens (including phenoxy) is 3. The van der Waals surface area contributed by atoms with Crippen molar-refractivity contribution in [2.24, 2.45) is 0 Å². The zero-order valence-corrected chi connectivity index (χ0v) is 15.3. The standard InChI is InChI=1S/C15H19N5O5S/c1-7(21)23-11-9(4-26-3)25-15(12(11)24-8(2)22)20-6-19-10-13(16)17-5-18-14(10)20/h5-6,9,11-12,15H,4H2,1-3H3,(H2,16,17,18)/t9-,11?,12+,15-/m1/s1. The summed E-state index contributed by atoms with van der Waals surface area (Å²) in [4.78, 5) is 35.5. The van der Waals surface area contributed by atoms with Crippen molar-refractivity contribution in [1.82, 2.24) is 19.5 Å². The number of carbonyl (C=O) groups excluding carboxylic acids is 2. The van der Waals surface area contributed by atoms with Crippen LogP contribution in [0.3, 0.4) is 0 Å². The monoisotopic (exact) mass is 381 g/mol. The van der Waals surface area contributed by atoms with Crippen LogP contribution >= 0.6 is 11.8 Å². The first-order valence-electron chi connectivity index (χ1n) is 7.84. The maximum atomic E-state index is 11.6. The lowest BCUT2D eigenvalue weighted by Gasteiger charge is -2.23. The SMILES string of the molecule is CSC[C@H]1O[C@@H](n2cnc3c(N)ncnc32)[C@@H](OC(C)=O)C1OC(C)=O. The summed E-state index contributed by atoms with van der Waals surface area (Å²) in [6.45, 7) is 2.59. The van der Waals surface area contributed by atoms with Crippen LogP contribution in [0.25, 0.3) is 11.2 Å². The summed E-state index contributed by atoms with van der Waals surface area (Å²) in [6, 6.07) is 0. The predicted octanol–water partition coefficient (Wildman–Crippen LogP) is 0.532. The third-order valence-electron chi connectivity index (χ3n) is 3.88. The molecule has 1 unspecified atom stereocenters. The van der Waals surface area contributed by atoms with E-state index in [0.717, 1.165) is 0 Å². The fourth-order valence-corrected chi connectivity index (χ4v) is 3.53. The first-order chi connectivity index (χ1) is 12.4. The number of esters is 2. The highest BCUT2D eigenvalue weighted by Crippen LogP contribution is 2.36. The third kappa shape index (κ3) is 3.44. The van der Waals surface area contributed by atoms with Gasteiger partial charge in [0, 0.05) is 19.6 Å². The minimum atomic E-state index is -0.845. The molecule has 0 bridgehead atoms. The van der Waals surface area contributed by atoms with Crippen LogP contribution in [-0.4, -0.2) is 61.8 Å². The zero-order chi connectivity index (χ0) is 18.8. The van der Waals surface area contributed by atoms with E-state index in [4.69, 9.17) is 19.9 Å². The summed E-state index contributed by atoms with van der Waals surface area (Å²) in [5, 5.41) is 0. The van der Waals surface area contributed by atoms with Crippen molar-refractivity contribution in [3.8, 4) is 0 Å². The van der Waals surface area contributed by atoms with E-state index < -0.39 is 36.5 Å². The molecule has 4 atom stereocenters. The lowest BCUT2D eigenvalue weighted by Crippen LogP contribution is -2.39. The van der Waals surface area contributed by atoms with Gasteiger partial charge >= 0.3 is 11.9 Å². The zero-order valence-electron chi connectivity index (χ0n) is 14.5. The predicted molar refractivity (Wildman–Crippen MR) is 93.1 cm³/mol.